The average molecular weight is 295 g/mol. The van der Waals surface area contributed by atoms with E-state index in [-0.39, 0.29) is 19.8 Å². The van der Waals surface area contributed by atoms with Gasteiger partial charge in [-0.2, -0.15) is 0 Å². The molecule has 3 nitrogen and oxygen atoms in total. The summed E-state index contributed by atoms with van der Waals surface area (Å²) in [5.41, 5.74) is 0. The summed E-state index contributed by atoms with van der Waals surface area (Å²) in [6, 6.07) is 0. The summed E-state index contributed by atoms with van der Waals surface area (Å²) in [6.45, 7) is 5.79. The Kier molecular flexibility index (Phi) is 32.7. The van der Waals surface area contributed by atoms with E-state index < -0.39 is 0 Å². The van der Waals surface area contributed by atoms with Crippen LogP contribution in [-0.4, -0.2) is 35.1 Å². The summed E-state index contributed by atoms with van der Waals surface area (Å²) < 4.78 is 1.56. The van der Waals surface area contributed by atoms with Crippen LogP contribution in [0.4, 0.5) is 0 Å². The number of aliphatic hydroxyl groups is 3. The fraction of sp³-hybridized carbons (Fsp3) is 0.636. The third-order valence-corrected chi connectivity index (χ3v) is 1.68. The van der Waals surface area contributed by atoms with Crippen molar-refractivity contribution in [1.82, 2.24) is 0 Å². The minimum atomic E-state index is 0.250. The van der Waals surface area contributed by atoms with Crippen molar-refractivity contribution >= 4 is 0 Å². The molecule has 0 spiro atoms. The summed E-state index contributed by atoms with van der Waals surface area (Å²) in [5, 5.41) is 22.7. The molecule has 0 aromatic heterocycles. The molecule has 0 bridgehead atoms. The van der Waals surface area contributed by atoms with Gasteiger partial charge >= 0.3 is 52.6 Å². The minimum absolute atomic E-state index is 0.250. The van der Waals surface area contributed by atoms with Gasteiger partial charge in [0.2, 0.25) is 0 Å². The van der Waals surface area contributed by atoms with Crippen LogP contribution < -0.4 is 0 Å². The van der Waals surface area contributed by atoms with Gasteiger partial charge in [-0.3, -0.25) is 0 Å². The van der Waals surface area contributed by atoms with Crippen LogP contribution in [0.25, 0.3) is 0 Å². The predicted molar refractivity (Wildman–Crippen MR) is 60.1 cm³/mol. The molecular formula is C11H23O3Zr. The molecule has 0 heterocycles. The van der Waals surface area contributed by atoms with Crippen LogP contribution in [0.2, 0.25) is 0 Å². The zero-order chi connectivity index (χ0) is 12.5. The number of aliphatic hydroxyl groups excluding tert-OH is 3. The molecule has 0 saturated heterocycles. The van der Waals surface area contributed by atoms with E-state index in [9.17, 15) is 0 Å². The zero-order valence-electron chi connectivity index (χ0n) is 9.90. The summed E-state index contributed by atoms with van der Waals surface area (Å²) >= 11 is 1.56. The van der Waals surface area contributed by atoms with Crippen molar-refractivity contribution in [1.29, 1.82) is 0 Å². The van der Waals surface area contributed by atoms with E-state index in [4.69, 9.17) is 15.3 Å². The van der Waals surface area contributed by atoms with E-state index in [0.717, 1.165) is 0 Å². The summed E-state index contributed by atoms with van der Waals surface area (Å²) in [6.07, 6.45) is 7.69. The van der Waals surface area contributed by atoms with Crippen LogP contribution in [0.1, 0.15) is 27.2 Å². The Balaban J connectivity index is -0.000000140. The fourth-order valence-corrected chi connectivity index (χ4v) is 0.973. The molecule has 1 aliphatic carbocycles. The molecule has 0 fully saturated rings. The Morgan fingerprint density at radius 3 is 1.47 bits per heavy atom. The van der Waals surface area contributed by atoms with E-state index in [0.29, 0.717) is 0 Å². The maximum absolute atomic E-state index is 7.57. The van der Waals surface area contributed by atoms with Gasteiger partial charge in [0.1, 0.15) is 0 Å². The number of allylic oxidation sites excluding steroid dienone is 4. The molecule has 1 rings (SSSR count). The first-order chi connectivity index (χ1) is 7.14. The molecule has 3 N–H and O–H groups in total. The normalized spacial score (nSPS) is 10.9. The van der Waals surface area contributed by atoms with Gasteiger partial charge in [-0.15, -0.1) is 0 Å². The van der Waals surface area contributed by atoms with Crippen molar-refractivity contribution < 1.29 is 40.0 Å². The quantitative estimate of drug-likeness (QED) is 0.632. The zero-order valence-corrected chi connectivity index (χ0v) is 12.4. The van der Waals surface area contributed by atoms with Gasteiger partial charge in [-0.1, -0.05) is 0 Å². The summed E-state index contributed by atoms with van der Waals surface area (Å²) in [4.78, 5) is 0. The molecule has 0 aromatic rings. The van der Waals surface area contributed by atoms with Crippen LogP contribution in [0.5, 0.6) is 0 Å². The third kappa shape index (κ3) is 40.7. The second-order valence-corrected chi connectivity index (χ2v) is 3.85. The Morgan fingerprint density at radius 1 is 1.07 bits per heavy atom. The molecule has 0 amide bonds. The fourth-order valence-electron chi connectivity index (χ4n) is 0.447. The van der Waals surface area contributed by atoms with Gasteiger partial charge in [-0.25, -0.2) is 0 Å². The number of hydrogen-bond donors (Lipinski definition) is 3. The first kappa shape index (κ1) is 20.6. The summed E-state index contributed by atoms with van der Waals surface area (Å²) in [5.74, 6) is 0. The third-order valence-electron chi connectivity index (χ3n) is 0.771. The van der Waals surface area contributed by atoms with E-state index in [2.05, 4.69) is 18.2 Å². The average Bonchev–Trinajstić information content (AvgIpc) is 2.60. The van der Waals surface area contributed by atoms with Crippen LogP contribution in [0, 0.1) is 0 Å². The van der Waals surface area contributed by atoms with Crippen LogP contribution in [0.15, 0.2) is 21.5 Å². The first-order valence-electron chi connectivity index (χ1n) is 5.04. The topological polar surface area (TPSA) is 60.7 Å². The monoisotopic (exact) mass is 293 g/mol. The molecule has 89 valence electrons. The van der Waals surface area contributed by atoms with Gasteiger partial charge < -0.3 is 15.3 Å². The second-order valence-electron chi connectivity index (χ2n) is 2.27. The Labute approximate surface area is 108 Å². The van der Waals surface area contributed by atoms with E-state index >= 15 is 0 Å². The maximum atomic E-state index is 7.57. The molecule has 0 aromatic carbocycles. The number of rotatable bonds is 0. The Hall–Kier alpha value is 0.243. The molecule has 0 radical (unpaired) electrons. The van der Waals surface area contributed by atoms with Gasteiger partial charge in [0.05, 0.1) is 0 Å². The van der Waals surface area contributed by atoms with Crippen molar-refractivity contribution in [2.24, 2.45) is 0 Å². The van der Waals surface area contributed by atoms with E-state index in [1.807, 2.05) is 0 Å². The van der Waals surface area contributed by atoms with E-state index in [1.54, 1.807) is 48.8 Å². The van der Waals surface area contributed by atoms with Crippen molar-refractivity contribution in [2.45, 2.75) is 27.2 Å². The molecular weight excluding hydrogens is 271 g/mol. The predicted octanol–water partition coefficient (Wildman–Crippen LogP) is 1.37. The molecule has 0 atom stereocenters. The number of hydrogen-bond acceptors (Lipinski definition) is 3. The molecule has 0 saturated carbocycles. The molecule has 4 heteroatoms. The van der Waals surface area contributed by atoms with Crippen molar-refractivity contribution in [3.63, 3.8) is 0 Å². The molecule has 0 unspecified atom stereocenters. The molecule has 15 heavy (non-hydrogen) atoms. The van der Waals surface area contributed by atoms with Gasteiger partial charge in [0.25, 0.3) is 0 Å². The first-order valence-corrected chi connectivity index (χ1v) is 6.27. The second kappa shape index (κ2) is 23.8. The van der Waals surface area contributed by atoms with Crippen molar-refractivity contribution in [2.75, 3.05) is 19.8 Å². The van der Waals surface area contributed by atoms with Gasteiger partial charge in [-0.05, 0) is 20.8 Å². The Bertz CT molecular complexity index is 140. The Morgan fingerprint density at radius 2 is 1.40 bits per heavy atom. The van der Waals surface area contributed by atoms with Gasteiger partial charge in [0, 0.05) is 19.8 Å². The van der Waals surface area contributed by atoms with Crippen LogP contribution in [-0.2, 0) is 24.7 Å². The van der Waals surface area contributed by atoms with Crippen molar-refractivity contribution in [3.05, 3.63) is 21.5 Å². The van der Waals surface area contributed by atoms with E-state index in [1.165, 1.54) is 6.42 Å². The van der Waals surface area contributed by atoms with Gasteiger partial charge in [0.15, 0.2) is 0 Å². The van der Waals surface area contributed by atoms with Crippen LogP contribution in [0.3, 0.4) is 0 Å². The standard InChI is InChI=1S/C5H5.3C2H6O.Zr/c1-2-4-5-3-1;3*1-2-3;/h1-3H,4H2;3*3H,2H2,1H3;. The SMILES string of the molecule is CCO.CCO.CCO.[Zr][C]1=CC=CC1. The molecule has 0 aliphatic heterocycles. The molecule has 1 aliphatic rings. The summed E-state index contributed by atoms with van der Waals surface area (Å²) in [7, 11) is 0. The van der Waals surface area contributed by atoms with Crippen LogP contribution >= 0.6 is 0 Å². The van der Waals surface area contributed by atoms with Crippen molar-refractivity contribution in [3.8, 4) is 0 Å².